The average Bonchev–Trinajstić information content (AvgIpc) is 2.39. The van der Waals surface area contributed by atoms with Crippen LogP contribution in [0.2, 0.25) is 0 Å². The zero-order chi connectivity index (χ0) is 11.4. The third kappa shape index (κ3) is 2.60. The van der Waals surface area contributed by atoms with E-state index in [2.05, 4.69) is 36.1 Å². The molecule has 1 atom stereocenters. The molecule has 1 aromatic rings. The van der Waals surface area contributed by atoms with Crippen LogP contribution in [0, 0.1) is 0 Å². The maximum Gasteiger partial charge on any atom is 0.0853 e. The predicted molar refractivity (Wildman–Crippen MR) is 69.8 cm³/mol. The summed E-state index contributed by atoms with van der Waals surface area (Å²) in [5, 5.41) is 0. The highest BCUT2D eigenvalue weighted by Crippen LogP contribution is 2.19. The van der Waals surface area contributed by atoms with Gasteiger partial charge in [0.1, 0.15) is 0 Å². The first-order chi connectivity index (χ1) is 7.79. The highest BCUT2D eigenvalue weighted by molar-refractivity contribution is 7.80. The molecule has 3 heteroatoms. The normalized spacial score (nSPS) is 18.2. The van der Waals surface area contributed by atoms with Crippen molar-refractivity contribution < 1.29 is 4.74 Å². The molecule has 16 heavy (non-hydrogen) atoms. The van der Waals surface area contributed by atoms with Crippen molar-refractivity contribution in [2.24, 2.45) is 0 Å². The number of hydrogen-bond donors (Lipinski definition) is 0. The molecule has 0 amide bonds. The second kappa shape index (κ2) is 5.41. The Hall–Kier alpha value is -0.930. The molecule has 1 aromatic carbocycles. The maximum absolute atomic E-state index is 5.55. The Morgan fingerprint density at radius 3 is 2.50 bits per heavy atom. The van der Waals surface area contributed by atoms with E-state index in [1.54, 1.807) is 0 Å². The third-order valence-electron chi connectivity index (χ3n) is 2.99. The second-order valence-electron chi connectivity index (χ2n) is 4.07. The summed E-state index contributed by atoms with van der Waals surface area (Å²) < 4.78 is 5.33. The van der Waals surface area contributed by atoms with E-state index in [1.165, 1.54) is 5.56 Å². The lowest BCUT2D eigenvalue weighted by molar-refractivity contribution is 0.0680. The number of thiocarbonyl (C=S) groups is 1. The van der Waals surface area contributed by atoms with E-state index in [-0.39, 0.29) is 0 Å². The minimum atomic E-state index is 0.314. The van der Waals surface area contributed by atoms with Gasteiger partial charge in [-0.05, 0) is 5.56 Å². The molecule has 1 aliphatic heterocycles. The molecule has 1 heterocycles. The second-order valence-corrected chi connectivity index (χ2v) is 4.49. The van der Waals surface area contributed by atoms with Crippen molar-refractivity contribution in [3.8, 4) is 0 Å². The standard InChI is InChI=1S/C13H17NOS/c1-11(12-5-3-2-4-6-12)13(16)14-7-9-15-10-8-14/h2-6,11H,7-10H2,1H3/t11-/m0/s1. The molecule has 0 spiro atoms. The Labute approximate surface area is 102 Å². The van der Waals surface area contributed by atoms with Crippen molar-refractivity contribution in [1.29, 1.82) is 0 Å². The molecule has 1 fully saturated rings. The van der Waals surface area contributed by atoms with Crippen LogP contribution < -0.4 is 0 Å². The average molecular weight is 235 g/mol. The zero-order valence-corrected chi connectivity index (χ0v) is 10.4. The molecule has 86 valence electrons. The predicted octanol–water partition coefficient (Wildman–Crippen LogP) is 2.45. The van der Waals surface area contributed by atoms with E-state index in [9.17, 15) is 0 Å². The molecular weight excluding hydrogens is 218 g/mol. The molecule has 1 saturated heterocycles. The molecule has 2 nitrogen and oxygen atoms in total. The Kier molecular flexibility index (Phi) is 3.91. The summed E-state index contributed by atoms with van der Waals surface area (Å²) in [6, 6.07) is 10.4. The highest BCUT2D eigenvalue weighted by atomic mass is 32.1. The quantitative estimate of drug-likeness (QED) is 0.731. The van der Waals surface area contributed by atoms with Gasteiger partial charge in [-0.3, -0.25) is 0 Å². The topological polar surface area (TPSA) is 12.5 Å². The van der Waals surface area contributed by atoms with Crippen LogP contribution in [0.5, 0.6) is 0 Å². The van der Waals surface area contributed by atoms with Crippen molar-refractivity contribution in [3.05, 3.63) is 35.9 Å². The molecule has 0 saturated carbocycles. The van der Waals surface area contributed by atoms with Crippen molar-refractivity contribution in [2.45, 2.75) is 12.8 Å². The summed E-state index contributed by atoms with van der Waals surface area (Å²) in [6.45, 7) is 5.61. The van der Waals surface area contributed by atoms with Gasteiger partial charge in [0, 0.05) is 19.0 Å². The third-order valence-corrected chi connectivity index (χ3v) is 3.60. The van der Waals surface area contributed by atoms with Crippen molar-refractivity contribution >= 4 is 17.2 Å². The van der Waals surface area contributed by atoms with Crippen molar-refractivity contribution in [2.75, 3.05) is 26.3 Å². The van der Waals surface area contributed by atoms with Crippen molar-refractivity contribution in [1.82, 2.24) is 4.90 Å². The number of hydrogen-bond acceptors (Lipinski definition) is 2. The van der Waals surface area contributed by atoms with Crippen LogP contribution in [0.3, 0.4) is 0 Å². The van der Waals surface area contributed by atoms with Crippen LogP contribution in [-0.2, 0) is 4.74 Å². The minimum Gasteiger partial charge on any atom is -0.378 e. The van der Waals surface area contributed by atoms with Gasteiger partial charge in [0.15, 0.2) is 0 Å². The van der Waals surface area contributed by atoms with Gasteiger partial charge in [-0.15, -0.1) is 0 Å². The van der Waals surface area contributed by atoms with E-state index in [4.69, 9.17) is 17.0 Å². The summed E-state index contributed by atoms with van der Waals surface area (Å²) in [6.07, 6.45) is 0. The molecule has 0 radical (unpaired) electrons. The fourth-order valence-corrected chi connectivity index (χ4v) is 2.26. The summed E-state index contributed by atoms with van der Waals surface area (Å²) >= 11 is 5.55. The van der Waals surface area contributed by atoms with Gasteiger partial charge in [0.25, 0.3) is 0 Å². The molecular formula is C13H17NOS. The monoisotopic (exact) mass is 235 g/mol. The lowest BCUT2D eigenvalue weighted by Crippen LogP contribution is -2.41. The van der Waals surface area contributed by atoms with Gasteiger partial charge in [0.05, 0.1) is 18.2 Å². The molecule has 0 aliphatic carbocycles. The molecule has 0 N–H and O–H groups in total. The fraction of sp³-hybridized carbons (Fsp3) is 0.462. The lowest BCUT2D eigenvalue weighted by Gasteiger charge is -2.32. The summed E-state index contributed by atoms with van der Waals surface area (Å²) in [7, 11) is 0. The van der Waals surface area contributed by atoms with Crippen LogP contribution in [0.15, 0.2) is 30.3 Å². The van der Waals surface area contributed by atoms with Crippen LogP contribution in [0.1, 0.15) is 18.4 Å². The number of nitrogens with zero attached hydrogens (tertiary/aromatic N) is 1. The Morgan fingerprint density at radius 2 is 1.88 bits per heavy atom. The SMILES string of the molecule is C[C@H](C(=S)N1CCOCC1)c1ccccc1. The van der Waals surface area contributed by atoms with E-state index < -0.39 is 0 Å². The minimum absolute atomic E-state index is 0.314. The van der Waals surface area contributed by atoms with Gasteiger partial charge < -0.3 is 9.64 Å². The van der Waals surface area contributed by atoms with Crippen LogP contribution >= 0.6 is 12.2 Å². The smallest absolute Gasteiger partial charge is 0.0853 e. The van der Waals surface area contributed by atoms with Crippen LogP contribution in [-0.4, -0.2) is 36.2 Å². The number of benzene rings is 1. The van der Waals surface area contributed by atoms with Gasteiger partial charge in [-0.25, -0.2) is 0 Å². The Balaban J connectivity index is 2.04. The van der Waals surface area contributed by atoms with E-state index in [1.807, 2.05) is 6.07 Å². The van der Waals surface area contributed by atoms with Crippen LogP contribution in [0.4, 0.5) is 0 Å². The first-order valence-electron chi connectivity index (χ1n) is 5.70. The maximum atomic E-state index is 5.55. The van der Waals surface area contributed by atoms with E-state index in [0.717, 1.165) is 31.3 Å². The summed E-state index contributed by atoms with van der Waals surface area (Å²) in [4.78, 5) is 3.30. The fourth-order valence-electron chi connectivity index (χ4n) is 1.94. The molecule has 2 rings (SSSR count). The largest absolute Gasteiger partial charge is 0.378 e. The summed E-state index contributed by atoms with van der Waals surface area (Å²) in [5.74, 6) is 0.314. The van der Waals surface area contributed by atoms with Gasteiger partial charge in [0.2, 0.25) is 0 Å². The van der Waals surface area contributed by atoms with Gasteiger partial charge in [-0.2, -0.15) is 0 Å². The number of morpholine rings is 1. The van der Waals surface area contributed by atoms with Crippen molar-refractivity contribution in [3.63, 3.8) is 0 Å². The summed E-state index contributed by atoms with van der Waals surface area (Å²) in [5.41, 5.74) is 1.29. The first-order valence-corrected chi connectivity index (χ1v) is 6.11. The number of rotatable bonds is 2. The lowest BCUT2D eigenvalue weighted by atomic mass is 10.0. The number of ether oxygens (including phenoxy) is 1. The van der Waals surface area contributed by atoms with E-state index in [0.29, 0.717) is 5.92 Å². The molecule has 0 aromatic heterocycles. The Morgan fingerprint density at radius 1 is 1.25 bits per heavy atom. The molecule has 0 bridgehead atoms. The zero-order valence-electron chi connectivity index (χ0n) is 9.56. The molecule has 1 aliphatic rings. The first kappa shape index (κ1) is 11.6. The highest BCUT2D eigenvalue weighted by Gasteiger charge is 2.19. The Bertz CT molecular complexity index is 346. The van der Waals surface area contributed by atoms with Gasteiger partial charge >= 0.3 is 0 Å². The van der Waals surface area contributed by atoms with Gasteiger partial charge in [-0.1, -0.05) is 49.5 Å². The van der Waals surface area contributed by atoms with E-state index >= 15 is 0 Å². The van der Waals surface area contributed by atoms with Crippen LogP contribution in [0.25, 0.3) is 0 Å². The molecule has 0 unspecified atom stereocenters.